The first-order chi connectivity index (χ1) is 10.7. The highest BCUT2D eigenvalue weighted by Crippen LogP contribution is 2.30. The highest BCUT2D eigenvalue weighted by Gasteiger charge is 2.28. The van der Waals surface area contributed by atoms with Gasteiger partial charge in [0.25, 0.3) is 5.91 Å². The quantitative estimate of drug-likeness (QED) is 0.876. The van der Waals surface area contributed by atoms with Crippen molar-refractivity contribution in [1.82, 2.24) is 19.9 Å². The molecule has 1 aromatic carbocycles. The molecule has 6 heteroatoms. The molecule has 1 heterocycles. The monoisotopic (exact) mass is 300 g/mol. The molecule has 0 saturated heterocycles. The normalized spacial score (nSPS) is 14.1. The summed E-state index contributed by atoms with van der Waals surface area (Å²) in [5, 5.41) is 17.5. The van der Waals surface area contributed by atoms with Gasteiger partial charge < -0.3 is 10.0 Å². The van der Waals surface area contributed by atoms with Crippen molar-refractivity contribution in [3.63, 3.8) is 0 Å². The fourth-order valence-electron chi connectivity index (χ4n) is 2.51. The third-order valence-electron chi connectivity index (χ3n) is 3.85. The SMILES string of the molecule is Cc1ccc(-n2nccn2)c(C(=O)N(CCO)CC2CC2)c1. The van der Waals surface area contributed by atoms with Gasteiger partial charge in [0.1, 0.15) is 0 Å². The van der Waals surface area contributed by atoms with Crippen LogP contribution in [-0.2, 0) is 0 Å². The van der Waals surface area contributed by atoms with Gasteiger partial charge >= 0.3 is 0 Å². The van der Waals surface area contributed by atoms with E-state index in [1.165, 1.54) is 4.80 Å². The first-order valence-electron chi connectivity index (χ1n) is 7.56. The van der Waals surface area contributed by atoms with Gasteiger partial charge in [0.05, 0.1) is 30.3 Å². The molecular weight excluding hydrogens is 280 g/mol. The second-order valence-electron chi connectivity index (χ2n) is 5.76. The van der Waals surface area contributed by atoms with Crippen LogP contribution in [-0.4, -0.2) is 50.6 Å². The number of aromatic nitrogens is 3. The largest absolute Gasteiger partial charge is 0.395 e. The maximum absolute atomic E-state index is 12.9. The second-order valence-corrected chi connectivity index (χ2v) is 5.76. The maximum Gasteiger partial charge on any atom is 0.256 e. The van der Waals surface area contributed by atoms with Gasteiger partial charge in [-0.05, 0) is 37.8 Å². The van der Waals surface area contributed by atoms with Gasteiger partial charge in [-0.25, -0.2) is 0 Å². The summed E-state index contributed by atoms with van der Waals surface area (Å²) in [5.41, 5.74) is 2.25. The topological polar surface area (TPSA) is 71.2 Å². The Hall–Kier alpha value is -2.21. The number of carbonyl (C=O) groups excluding carboxylic acids is 1. The van der Waals surface area contributed by atoms with Crippen LogP contribution in [0.4, 0.5) is 0 Å². The number of amides is 1. The first kappa shape index (κ1) is 14.7. The molecule has 0 unspecified atom stereocenters. The lowest BCUT2D eigenvalue weighted by molar-refractivity contribution is 0.0712. The van der Waals surface area contributed by atoms with Gasteiger partial charge in [-0.2, -0.15) is 15.0 Å². The Labute approximate surface area is 129 Å². The van der Waals surface area contributed by atoms with Gasteiger partial charge in [-0.15, -0.1) is 0 Å². The lowest BCUT2D eigenvalue weighted by Crippen LogP contribution is -2.36. The standard InChI is InChI=1S/C16H20N4O2/c1-12-2-5-15(20-17-6-7-18-20)14(10-12)16(22)19(8-9-21)11-13-3-4-13/h2,5-7,10,13,21H,3-4,8-9,11H2,1H3. The van der Waals surface area contributed by atoms with Crippen LogP contribution in [0.1, 0.15) is 28.8 Å². The third-order valence-corrected chi connectivity index (χ3v) is 3.85. The molecule has 1 aliphatic carbocycles. The van der Waals surface area contributed by atoms with E-state index in [9.17, 15) is 9.90 Å². The zero-order valence-corrected chi connectivity index (χ0v) is 12.6. The number of hydrogen-bond acceptors (Lipinski definition) is 4. The van der Waals surface area contributed by atoms with E-state index in [0.717, 1.165) is 18.4 Å². The third kappa shape index (κ3) is 3.17. The van der Waals surface area contributed by atoms with Crippen molar-refractivity contribution in [3.8, 4) is 5.69 Å². The lowest BCUT2D eigenvalue weighted by Gasteiger charge is -2.23. The summed E-state index contributed by atoms with van der Waals surface area (Å²) >= 11 is 0. The predicted octanol–water partition coefficient (Wildman–Crippen LogP) is 1.42. The van der Waals surface area contributed by atoms with Crippen LogP contribution in [0.2, 0.25) is 0 Å². The van der Waals surface area contributed by atoms with E-state index < -0.39 is 0 Å². The van der Waals surface area contributed by atoms with Crippen molar-refractivity contribution < 1.29 is 9.90 Å². The molecule has 2 aromatic rings. The van der Waals surface area contributed by atoms with E-state index in [0.29, 0.717) is 30.3 Å². The summed E-state index contributed by atoms with van der Waals surface area (Å²) in [7, 11) is 0. The van der Waals surface area contributed by atoms with Crippen LogP contribution in [0.15, 0.2) is 30.6 Å². The molecule has 1 aliphatic rings. The molecule has 116 valence electrons. The fourth-order valence-corrected chi connectivity index (χ4v) is 2.51. The van der Waals surface area contributed by atoms with Crippen molar-refractivity contribution in [1.29, 1.82) is 0 Å². The zero-order chi connectivity index (χ0) is 15.5. The maximum atomic E-state index is 12.9. The molecule has 1 aromatic heterocycles. The van der Waals surface area contributed by atoms with Crippen LogP contribution in [0.5, 0.6) is 0 Å². The Kier molecular flexibility index (Phi) is 4.20. The number of aliphatic hydroxyl groups is 1. The van der Waals surface area contributed by atoms with E-state index in [2.05, 4.69) is 10.2 Å². The molecule has 0 atom stereocenters. The van der Waals surface area contributed by atoms with Crippen molar-refractivity contribution in [2.45, 2.75) is 19.8 Å². The molecule has 3 rings (SSSR count). The average Bonchev–Trinajstić information content (AvgIpc) is 3.16. The minimum Gasteiger partial charge on any atom is -0.395 e. The van der Waals surface area contributed by atoms with Gasteiger partial charge in [0, 0.05) is 13.1 Å². The van der Waals surface area contributed by atoms with Gasteiger partial charge in [0.2, 0.25) is 0 Å². The van der Waals surface area contributed by atoms with Crippen LogP contribution in [0, 0.1) is 12.8 Å². The molecular formula is C16H20N4O2. The zero-order valence-electron chi connectivity index (χ0n) is 12.6. The Bertz CT molecular complexity index is 650. The highest BCUT2D eigenvalue weighted by atomic mass is 16.3. The van der Waals surface area contributed by atoms with Crippen LogP contribution < -0.4 is 0 Å². The minimum absolute atomic E-state index is 0.0281. The molecule has 0 bridgehead atoms. The molecule has 0 aliphatic heterocycles. The summed E-state index contributed by atoms with van der Waals surface area (Å²) in [5.74, 6) is 0.503. The Balaban J connectivity index is 1.94. The number of aryl methyl sites for hydroxylation is 1. The summed E-state index contributed by atoms with van der Waals surface area (Å²) in [4.78, 5) is 16.1. The lowest BCUT2D eigenvalue weighted by atomic mass is 10.1. The number of nitrogens with zero attached hydrogens (tertiary/aromatic N) is 4. The number of carbonyl (C=O) groups is 1. The van der Waals surface area contributed by atoms with Gasteiger partial charge in [0.15, 0.2) is 0 Å². The molecule has 1 amide bonds. The highest BCUT2D eigenvalue weighted by molar-refractivity contribution is 5.98. The minimum atomic E-state index is -0.0723. The predicted molar refractivity (Wildman–Crippen MR) is 81.8 cm³/mol. The molecule has 1 fully saturated rings. The van der Waals surface area contributed by atoms with E-state index >= 15 is 0 Å². The first-order valence-corrected chi connectivity index (χ1v) is 7.56. The van der Waals surface area contributed by atoms with Crippen LogP contribution in [0.3, 0.4) is 0 Å². The van der Waals surface area contributed by atoms with Crippen LogP contribution in [0.25, 0.3) is 5.69 Å². The van der Waals surface area contributed by atoms with Crippen molar-refractivity contribution >= 4 is 5.91 Å². The summed E-state index contributed by atoms with van der Waals surface area (Å²) in [6.07, 6.45) is 5.50. The number of hydrogen-bond donors (Lipinski definition) is 1. The van der Waals surface area contributed by atoms with Crippen molar-refractivity contribution in [3.05, 3.63) is 41.7 Å². The molecule has 22 heavy (non-hydrogen) atoms. The Morgan fingerprint density at radius 3 is 2.73 bits per heavy atom. The molecule has 1 saturated carbocycles. The molecule has 0 spiro atoms. The van der Waals surface area contributed by atoms with E-state index in [-0.39, 0.29) is 12.5 Å². The van der Waals surface area contributed by atoms with E-state index in [4.69, 9.17) is 0 Å². The molecule has 6 nitrogen and oxygen atoms in total. The molecule has 1 N–H and O–H groups in total. The van der Waals surface area contributed by atoms with Crippen molar-refractivity contribution in [2.24, 2.45) is 5.92 Å². The number of aliphatic hydroxyl groups excluding tert-OH is 1. The van der Waals surface area contributed by atoms with E-state index in [1.54, 1.807) is 17.3 Å². The van der Waals surface area contributed by atoms with E-state index in [1.807, 2.05) is 25.1 Å². The smallest absolute Gasteiger partial charge is 0.256 e. The summed E-state index contributed by atoms with van der Waals surface area (Å²) < 4.78 is 0. The fraction of sp³-hybridized carbons (Fsp3) is 0.438. The van der Waals surface area contributed by atoms with Gasteiger partial charge in [-0.1, -0.05) is 11.6 Å². The average molecular weight is 300 g/mol. The molecule has 0 radical (unpaired) electrons. The Morgan fingerprint density at radius 1 is 1.36 bits per heavy atom. The second kappa shape index (κ2) is 6.27. The number of benzene rings is 1. The van der Waals surface area contributed by atoms with Crippen LogP contribution >= 0.6 is 0 Å². The van der Waals surface area contributed by atoms with Crippen molar-refractivity contribution in [2.75, 3.05) is 19.7 Å². The number of rotatable bonds is 6. The Morgan fingerprint density at radius 2 is 2.09 bits per heavy atom. The van der Waals surface area contributed by atoms with Gasteiger partial charge in [-0.3, -0.25) is 4.79 Å². The summed E-state index contributed by atoms with van der Waals surface area (Å²) in [6.45, 7) is 2.99. The summed E-state index contributed by atoms with van der Waals surface area (Å²) in [6, 6.07) is 5.65.